The lowest BCUT2D eigenvalue weighted by Gasteiger charge is -2.31. The third-order valence-corrected chi connectivity index (χ3v) is 7.17. The molecule has 0 aromatic rings. The standard InChI is InChI=1S/C18H26N2O5S/c1-12(2)9-19(13-7-8-26(24,25)11-13)16(21)10-20-17(22)14-5-3-4-6-15(14)18(20)23/h3-4,12-15H,5-11H2,1-2H3/t13-,14+,15+/m0/s1. The van der Waals surface area contributed by atoms with E-state index in [-0.39, 0.29) is 59.6 Å². The maximum atomic E-state index is 12.9. The number of imide groups is 1. The quantitative estimate of drug-likeness (QED) is 0.513. The van der Waals surface area contributed by atoms with Crippen LogP contribution < -0.4 is 0 Å². The summed E-state index contributed by atoms with van der Waals surface area (Å²) in [5.41, 5.74) is 0. The number of likely N-dealkylation sites (tertiary alicyclic amines) is 1. The largest absolute Gasteiger partial charge is 0.337 e. The van der Waals surface area contributed by atoms with Gasteiger partial charge in [-0.05, 0) is 25.2 Å². The third-order valence-electron chi connectivity index (χ3n) is 5.42. The van der Waals surface area contributed by atoms with Crippen LogP contribution >= 0.6 is 0 Å². The van der Waals surface area contributed by atoms with Gasteiger partial charge in [-0.15, -0.1) is 0 Å². The molecule has 0 aromatic heterocycles. The van der Waals surface area contributed by atoms with Crippen LogP contribution in [0.25, 0.3) is 0 Å². The summed E-state index contributed by atoms with van der Waals surface area (Å²) in [7, 11) is -3.13. The molecule has 3 atom stereocenters. The Hall–Kier alpha value is -1.70. The highest BCUT2D eigenvalue weighted by atomic mass is 32.2. The predicted molar refractivity (Wildman–Crippen MR) is 95.7 cm³/mol. The molecule has 3 rings (SSSR count). The zero-order chi connectivity index (χ0) is 19.1. The van der Waals surface area contributed by atoms with E-state index in [9.17, 15) is 22.8 Å². The van der Waals surface area contributed by atoms with Gasteiger partial charge in [-0.3, -0.25) is 19.3 Å². The van der Waals surface area contributed by atoms with Crippen molar-refractivity contribution in [2.75, 3.05) is 24.6 Å². The first-order valence-electron chi connectivity index (χ1n) is 9.19. The van der Waals surface area contributed by atoms with E-state index in [2.05, 4.69) is 0 Å². The second-order valence-electron chi connectivity index (χ2n) is 7.92. The Balaban J connectivity index is 1.73. The maximum absolute atomic E-state index is 12.9. The summed E-state index contributed by atoms with van der Waals surface area (Å²) < 4.78 is 23.6. The number of allylic oxidation sites excluding steroid dienone is 2. The first-order chi connectivity index (χ1) is 12.2. The van der Waals surface area contributed by atoms with Crippen molar-refractivity contribution in [3.63, 3.8) is 0 Å². The first-order valence-corrected chi connectivity index (χ1v) is 11.0. The van der Waals surface area contributed by atoms with Crippen LogP contribution in [0.3, 0.4) is 0 Å². The summed E-state index contributed by atoms with van der Waals surface area (Å²) in [6.07, 6.45) is 5.31. The summed E-state index contributed by atoms with van der Waals surface area (Å²) in [5.74, 6) is -1.40. The number of sulfone groups is 1. The van der Waals surface area contributed by atoms with E-state index in [1.807, 2.05) is 26.0 Å². The van der Waals surface area contributed by atoms with Crippen molar-refractivity contribution in [2.24, 2.45) is 17.8 Å². The van der Waals surface area contributed by atoms with Gasteiger partial charge in [0.15, 0.2) is 9.84 Å². The maximum Gasteiger partial charge on any atom is 0.243 e. The molecular weight excluding hydrogens is 356 g/mol. The van der Waals surface area contributed by atoms with Crippen LogP contribution in [0.5, 0.6) is 0 Å². The number of carbonyl (C=O) groups excluding carboxylic acids is 3. The first kappa shape index (κ1) is 19.1. The SMILES string of the molecule is CC(C)CN(C(=O)CN1C(=O)[C@@H]2CC=CC[C@H]2C1=O)[C@H]1CCS(=O)(=O)C1. The van der Waals surface area contributed by atoms with Crippen molar-refractivity contribution in [1.82, 2.24) is 9.80 Å². The number of hydrogen-bond donors (Lipinski definition) is 0. The van der Waals surface area contributed by atoms with Crippen molar-refractivity contribution < 1.29 is 22.8 Å². The summed E-state index contributed by atoms with van der Waals surface area (Å²) in [4.78, 5) is 40.7. The fourth-order valence-electron chi connectivity index (χ4n) is 4.12. The molecule has 0 unspecified atom stereocenters. The summed E-state index contributed by atoms with van der Waals surface area (Å²) >= 11 is 0. The van der Waals surface area contributed by atoms with Crippen LogP contribution in [0.4, 0.5) is 0 Å². The lowest BCUT2D eigenvalue weighted by atomic mass is 9.85. The van der Waals surface area contributed by atoms with E-state index in [0.29, 0.717) is 25.8 Å². The van der Waals surface area contributed by atoms with E-state index in [1.54, 1.807) is 4.90 Å². The smallest absolute Gasteiger partial charge is 0.243 e. The molecule has 0 radical (unpaired) electrons. The molecule has 2 aliphatic heterocycles. The number of amides is 3. The van der Waals surface area contributed by atoms with Gasteiger partial charge in [0.25, 0.3) is 0 Å². The summed E-state index contributed by atoms with van der Waals surface area (Å²) in [6, 6.07) is -0.369. The summed E-state index contributed by atoms with van der Waals surface area (Å²) in [5, 5.41) is 0. The molecule has 2 fully saturated rings. The van der Waals surface area contributed by atoms with E-state index in [4.69, 9.17) is 0 Å². The minimum absolute atomic E-state index is 0.0392. The molecule has 0 saturated carbocycles. The Bertz CT molecular complexity index is 717. The van der Waals surface area contributed by atoms with E-state index in [1.165, 1.54) is 0 Å². The molecule has 2 heterocycles. The zero-order valence-electron chi connectivity index (χ0n) is 15.3. The van der Waals surface area contributed by atoms with Gasteiger partial charge in [0, 0.05) is 12.6 Å². The van der Waals surface area contributed by atoms with Gasteiger partial charge >= 0.3 is 0 Å². The molecule has 144 valence electrons. The molecule has 0 bridgehead atoms. The van der Waals surface area contributed by atoms with Gasteiger partial charge in [0.1, 0.15) is 6.54 Å². The molecule has 0 N–H and O–H groups in total. The zero-order valence-corrected chi connectivity index (χ0v) is 16.1. The fourth-order valence-corrected chi connectivity index (χ4v) is 5.85. The summed E-state index contributed by atoms with van der Waals surface area (Å²) in [6.45, 7) is 4.05. The van der Waals surface area contributed by atoms with E-state index in [0.717, 1.165) is 4.90 Å². The lowest BCUT2D eigenvalue weighted by Crippen LogP contribution is -2.49. The normalized spacial score (nSPS) is 30.1. The number of rotatable bonds is 5. The topological polar surface area (TPSA) is 91.8 Å². The Kier molecular flexibility index (Phi) is 5.23. The van der Waals surface area contributed by atoms with Crippen LogP contribution in [-0.4, -0.2) is 66.6 Å². The van der Waals surface area contributed by atoms with Crippen molar-refractivity contribution in [3.05, 3.63) is 12.2 Å². The molecule has 7 nitrogen and oxygen atoms in total. The molecule has 1 aliphatic carbocycles. The molecule has 26 heavy (non-hydrogen) atoms. The highest BCUT2D eigenvalue weighted by Gasteiger charge is 2.48. The average molecular weight is 382 g/mol. The third kappa shape index (κ3) is 3.70. The number of fused-ring (bicyclic) bond motifs is 1. The van der Waals surface area contributed by atoms with Crippen LogP contribution in [-0.2, 0) is 24.2 Å². The van der Waals surface area contributed by atoms with Crippen molar-refractivity contribution in [3.8, 4) is 0 Å². The van der Waals surface area contributed by atoms with Gasteiger partial charge in [-0.25, -0.2) is 8.42 Å². The van der Waals surface area contributed by atoms with Gasteiger partial charge in [0.2, 0.25) is 17.7 Å². The monoisotopic (exact) mass is 382 g/mol. The number of nitrogens with zero attached hydrogens (tertiary/aromatic N) is 2. The predicted octanol–water partition coefficient (Wildman–Crippen LogP) is 0.609. The Morgan fingerprint density at radius 3 is 2.23 bits per heavy atom. The van der Waals surface area contributed by atoms with Gasteiger partial charge < -0.3 is 4.90 Å². The second-order valence-corrected chi connectivity index (χ2v) is 10.1. The Morgan fingerprint density at radius 2 is 1.77 bits per heavy atom. The Morgan fingerprint density at radius 1 is 1.19 bits per heavy atom. The fraction of sp³-hybridized carbons (Fsp3) is 0.722. The number of carbonyl (C=O) groups is 3. The van der Waals surface area contributed by atoms with Gasteiger partial charge in [0.05, 0.1) is 23.3 Å². The lowest BCUT2D eigenvalue weighted by molar-refractivity contribution is -0.147. The minimum Gasteiger partial charge on any atom is -0.337 e. The molecular formula is C18H26N2O5S. The second kappa shape index (κ2) is 7.13. The van der Waals surface area contributed by atoms with Crippen LogP contribution in [0.15, 0.2) is 12.2 Å². The highest BCUT2D eigenvalue weighted by Crippen LogP contribution is 2.35. The average Bonchev–Trinajstić information content (AvgIpc) is 3.05. The van der Waals surface area contributed by atoms with E-state index < -0.39 is 9.84 Å². The van der Waals surface area contributed by atoms with Gasteiger partial charge in [-0.1, -0.05) is 26.0 Å². The Labute approximate surface area is 154 Å². The molecule has 0 aromatic carbocycles. The molecule has 2 saturated heterocycles. The van der Waals surface area contributed by atoms with Gasteiger partial charge in [-0.2, -0.15) is 0 Å². The van der Waals surface area contributed by atoms with Crippen LogP contribution in [0.1, 0.15) is 33.1 Å². The molecule has 8 heteroatoms. The molecule has 3 amide bonds. The van der Waals surface area contributed by atoms with Crippen LogP contribution in [0, 0.1) is 17.8 Å². The molecule has 3 aliphatic rings. The van der Waals surface area contributed by atoms with Crippen LogP contribution in [0.2, 0.25) is 0 Å². The van der Waals surface area contributed by atoms with E-state index >= 15 is 0 Å². The highest BCUT2D eigenvalue weighted by molar-refractivity contribution is 7.91. The minimum atomic E-state index is -3.13. The number of hydrogen-bond acceptors (Lipinski definition) is 5. The van der Waals surface area contributed by atoms with Crippen molar-refractivity contribution in [1.29, 1.82) is 0 Å². The van der Waals surface area contributed by atoms with Crippen molar-refractivity contribution in [2.45, 2.75) is 39.2 Å². The van der Waals surface area contributed by atoms with Crippen molar-refractivity contribution >= 4 is 27.6 Å². The molecule has 0 spiro atoms.